The topological polar surface area (TPSA) is 35.5 Å². The second-order valence-corrected chi connectivity index (χ2v) is 3.23. The highest BCUT2D eigenvalue weighted by atomic mass is 16.5. The number of ether oxygens (including phenoxy) is 2. The summed E-state index contributed by atoms with van der Waals surface area (Å²) in [4.78, 5) is 10.9. The van der Waals surface area contributed by atoms with Crippen molar-refractivity contribution >= 4 is 5.97 Å². The molecule has 68 valence electrons. The van der Waals surface area contributed by atoms with E-state index in [0.717, 1.165) is 0 Å². The van der Waals surface area contributed by atoms with E-state index in [1.54, 1.807) is 6.92 Å². The summed E-state index contributed by atoms with van der Waals surface area (Å²) in [6, 6.07) is 0. The first-order valence-electron chi connectivity index (χ1n) is 4.10. The molecule has 12 heavy (non-hydrogen) atoms. The van der Waals surface area contributed by atoms with Crippen LogP contribution in [0.15, 0.2) is 12.2 Å². The third-order valence-electron chi connectivity index (χ3n) is 1.77. The summed E-state index contributed by atoms with van der Waals surface area (Å²) in [6.07, 6.45) is 3.33. The number of carbonyl (C=O) groups excluding carboxylic acids is 1. The van der Waals surface area contributed by atoms with E-state index in [0.29, 0.717) is 19.8 Å². The summed E-state index contributed by atoms with van der Waals surface area (Å²) in [6.45, 7) is 5.66. The van der Waals surface area contributed by atoms with E-state index in [2.05, 4.69) is 0 Å². The normalized spacial score (nSPS) is 20.5. The minimum Gasteiger partial charge on any atom is -0.463 e. The van der Waals surface area contributed by atoms with Gasteiger partial charge in [0, 0.05) is 11.5 Å². The van der Waals surface area contributed by atoms with Crippen molar-refractivity contribution in [2.45, 2.75) is 13.8 Å². The second-order valence-electron chi connectivity index (χ2n) is 3.23. The van der Waals surface area contributed by atoms with Crippen LogP contribution in [-0.4, -0.2) is 25.8 Å². The molecule has 3 nitrogen and oxygen atoms in total. The SMILES string of the molecule is CCOC(=O)/C=C/C1(C)COC1. The lowest BCUT2D eigenvalue weighted by atomic mass is 9.88. The van der Waals surface area contributed by atoms with E-state index >= 15 is 0 Å². The van der Waals surface area contributed by atoms with Crippen molar-refractivity contribution in [2.24, 2.45) is 5.41 Å². The van der Waals surface area contributed by atoms with Gasteiger partial charge in [0.15, 0.2) is 0 Å². The fourth-order valence-corrected chi connectivity index (χ4v) is 0.980. The smallest absolute Gasteiger partial charge is 0.330 e. The molecule has 0 aliphatic carbocycles. The van der Waals surface area contributed by atoms with Crippen LogP contribution < -0.4 is 0 Å². The van der Waals surface area contributed by atoms with Gasteiger partial charge in [-0.2, -0.15) is 0 Å². The molecule has 0 aromatic carbocycles. The van der Waals surface area contributed by atoms with E-state index in [4.69, 9.17) is 9.47 Å². The molecule has 0 atom stereocenters. The Morgan fingerprint density at radius 3 is 2.75 bits per heavy atom. The zero-order valence-electron chi connectivity index (χ0n) is 7.50. The molecule has 0 amide bonds. The highest BCUT2D eigenvalue weighted by Crippen LogP contribution is 2.27. The van der Waals surface area contributed by atoms with Gasteiger partial charge in [-0.05, 0) is 6.92 Å². The lowest BCUT2D eigenvalue weighted by molar-refractivity contribution is -0.137. The zero-order chi connectivity index (χ0) is 9.03. The molecule has 0 aromatic heterocycles. The fourth-order valence-electron chi connectivity index (χ4n) is 0.980. The molecule has 1 fully saturated rings. The maximum atomic E-state index is 10.9. The van der Waals surface area contributed by atoms with E-state index < -0.39 is 0 Å². The first-order valence-corrected chi connectivity index (χ1v) is 4.10. The molecule has 1 aliphatic rings. The van der Waals surface area contributed by atoms with Crippen molar-refractivity contribution in [1.29, 1.82) is 0 Å². The fraction of sp³-hybridized carbons (Fsp3) is 0.667. The average molecular weight is 170 g/mol. The van der Waals surface area contributed by atoms with Gasteiger partial charge in [0.2, 0.25) is 0 Å². The van der Waals surface area contributed by atoms with Gasteiger partial charge in [-0.1, -0.05) is 13.0 Å². The van der Waals surface area contributed by atoms with Crippen molar-refractivity contribution in [2.75, 3.05) is 19.8 Å². The number of rotatable bonds is 3. The molecular formula is C9H14O3. The monoisotopic (exact) mass is 170 g/mol. The molecule has 1 saturated heterocycles. The van der Waals surface area contributed by atoms with Gasteiger partial charge in [0.1, 0.15) is 0 Å². The van der Waals surface area contributed by atoms with Crippen LogP contribution in [0, 0.1) is 5.41 Å². The highest BCUT2D eigenvalue weighted by molar-refractivity contribution is 5.82. The lowest BCUT2D eigenvalue weighted by Gasteiger charge is -2.34. The van der Waals surface area contributed by atoms with Crippen LogP contribution in [0.25, 0.3) is 0 Å². The summed E-state index contributed by atoms with van der Waals surface area (Å²) in [7, 11) is 0. The van der Waals surface area contributed by atoms with Crippen molar-refractivity contribution in [3.8, 4) is 0 Å². The van der Waals surface area contributed by atoms with Gasteiger partial charge in [0.25, 0.3) is 0 Å². The third-order valence-corrected chi connectivity index (χ3v) is 1.77. The van der Waals surface area contributed by atoms with E-state index in [1.165, 1.54) is 6.08 Å². The zero-order valence-corrected chi connectivity index (χ0v) is 7.50. The first-order chi connectivity index (χ1) is 5.66. The van der Waals surface area contributed by atoms with Gasteiger partial charge in [-0.25, -0.2) is 4.79 Å². The predicted octanol–water partition coefficient (Wildman–Crippen LogP) is 1.14. The Morgan fingerprint density at radius 2 is 2.33 bits per heavy atom. The van der Waals surface area contributed by atoms with Crippen LogP contribution in [-0.2, 0) is 14.3 Å². The van der Waals surface area contributed by atoms with Crippen molar-refractivity contribution in [3.05, 3.63) is 12.2 Å². The number of carbonyl (C=O) groups is 1. The van der Waals surface area contributed by atoms with Gasteiger partial charge in [-0.15, -0.1) is 0 Å². The van der Waals surface area contributed by atoms with E-state index in [-0.39, 0.29) is 11.4 Å². The Kier molecular flexibility index (Phi) is 2.87. The molecule has 1 aliphatic heterocycles. The van der Waals surface area contributed by atoms with Gasteiger partial charge >= 0.3 is 5.97 Å². The maximum Gasteiger partial charge on any atom is 0.330 e. The Balaban J connectivity index is 2.33. The van der Waals surface area contributed by atoms with E-state index in [9.17, 15) is 4.79 Å². The molecular weight excluding hydrogens is 156 g/mol. The molecule has 1 heterocycles. The molecule has 0 spiro atoms. The van der Waals surface area contributed by atoms with Gasteiger partial charge in [-0.3, -0.25) is 0 Å². The summed E-state index contributed by atoms with van der Waals surface area (Å²) in [5, 5.41) is 0. The quantitative estimate of drug-likeness (QED) is 0.470. The Hall–Kier alpha value is -0.830. The van der Waals surface area contributed by atoms with Crippen LogP contribution in [0.1, 0.15) is 13.8 Å². The summed E-state index contributed by atoms with van der Waals surface area (Å²) in [5.74, 6) is -0.273. The van der Waals surface area contributed by atoms with Crippen molar-refractivity contribution in [3.63, 3.8) is 0 Å². The molecule has 3 heteroatoms. The van der Waals surface area contributed by atoms with Gasteiger partial charge < -0.3 is 9.47 Å². The maximum absolute atomic E-state index is 10.9. The minimum atomic E-state index is -0.273. The molecule has 0 N–H and O–H groups in total. The molecule has 0 radical (unpaired) electrons. The Bertz CT molecular complexity index is 192. The standard InChI is InChI=1S/C9H14O3/c1-3-12-8(10)4-5-9(2)6-11-7-9/h4-5H,3,6-7H2,1-2H3/b5-4+. The summed E-state index contributed by atoms with van der Waals surface area (Å²) < 4.78 is 9.77. The molecule has 0 aromatic rings. The summed E-state index contributed by atoms with van der Waals surface area (Å²) >= 11 is 0. The highest BCUT2D eigenvalue weighted by Gasteiger charge is 2.30. The molecule has 1 rings (SSSR count). The largest absolute Gasteiger partial charge is 0.463 e. The van der Waals surface area contributed by atoms with E-state index in [1.807, 2.05) is 13.0 Å². The second kappa shape index (κ2) is 3.72. The average Bonchev–Trinajstić information content (AvgIpc) is 1.98. The molecule has 0 saturated carbocycles. The number of hydrogen-bond acceptors (Lipinski definition) is 3. The minimum absolute atomic E-state index is 0.0484. The van der Waals surface area contributed by atoms with Crippen LogP contribution >= 0.6 is 0 Å². The number of esters is 1. The first kappa shape index (κ1) is 9.26. The van der Waals surface area contributed by atoms with Crippen LogP contribution in [0.2, 0.25) is 0 Å². The predicted molar refractivity (Wildman–Crippen MR) is 44.7 cm³/mol. The van der Waals surface area contributed by atoms with Crippen molar-refractivity contribution in [1.82, 2.24) is 0 Å². The van der Waals surface area contributed by atoms with Crippen LogP contribution in [0.4, 0.5) is 0 Å². The lowest BCUT2D eigenvalue weighted by Crippen LogP contribution is -2.37. The molecule has 0 bridgehead atoms. The van der Waals surface area contributed by atoms with Gasteiger partial charge in [0.05, 0.1) is 19.8 Å². The number of hydrogen-bond donors (Lipinski definition) is 0. The molecule has 0 unspecified atom stereocenters. The van der Waals surface area contributed by atoms with Crippen LogP contribution in [0.3, 0.4) is 0 Å². The summed E-state index contributed by atoms with van der Waals surface area (Å²) in [5.41, 5.74) is 0.0484. The Labute approximate surface area is 72.4 Å². The Morgan fingerprint density at radius 1 is 1.67 bits per heavy atom. The van der Waals surface area contributed by atoms with Crippen molar-refractivity contribution < 1.29 is 14.3 Å². The van der Waals surface area contributed by atoms with Crippen LogP contribution in [0.5, 0.6) is 0 Å². The third kappa shape index (κ3) is 2.34.